The van der Waals surface area contributed by atoms with Crippen LogP contribution in [0.4, 0.5) is 10.1 Å². The molecule has 1 heterocycles. The molecule has 0 aliphatic heterocycles. The van der Waals surface area contributed by atoms with E-state index in [2.05, 4.69) is 15.2 Å². The smallest absolute Gasteiger partial charge is 0.262 e. The van der Waals surface area contributed by atoms with Crippen LogP contribution in [0.25, 0.3) is 0 Å². The van der Waals surface area contributed by atoms with Crippen LogP contribution in [0.2, 0.25) is 0 Å². The molecular formula is C11H11FN4O4S. The second-order valence-corrected chi connectivity index (χ2v) is 6.14. The molecule has 0 saturated heterocycles. The Kier molecular flexibility index (Phi) is 3.98. The molecule has 0 fully saturated rings. The Morgan fingerprint density at radius 1 is 1.43 bits per heavy atom. The van der Waals surface area contributed by atoms with Gasteiger partial charge in [-0.25, -0.2) is 17.8 Å². The number of nitro benzene ring substituents is 1. The zero-order chi connectivity index (χ0) is 15.6. The first kappa shape index (κ1) is 15.0. The Morgan fingerprint density at radius 3 is 2.67 bits per heavy atom. The fourth-order valence-corrected chi connectivity index (χ4v) is 2.95. The van der Waals surface area contributed by atoms with Gasteiger partial charge >= 0.3 is 0 Å². The van der Waals surface area contributed by atoms with E-state index in [1.807, 2.05) is 0 Å². The molecule has 2 rings (SSSR count). The number of nitro groups is 1. The van der Waals surface area contributed by atoms with Crippen molar-refractivity contribution in [1.29, 1.82) is 0 Å². The van der Waals surface area contributed by atoms with Gasteiger partial charge in [0.25, 0.3) is 5.69 Å². The highest BCUT2D eigenvalue weighted by molar-refractivity contribution is 7.90. The standard InChI is InChI=1S/C11H11FN4O4S/c1-2-10-13-11(15-14-10)6-21(19,20)9-4-3-7(16(17)18)5-8(9)12/h3-5H,2,6H2,1H3,(H,13,14,15). The third-order valence-electron chi connectivity index (χ3n) is 2.68. The van der Waals surface area contributed by atoms with Gasteiger partial charge in [0.1, 0.15) is 28.1 Å². The molecule has 10 heteroatoms. The number of rotatable bonds is 5. The number of aromatic amines is 1. The Hall–Kier alpha value is -2.36. The summed E-state index contributed by atoms with van der Waals surface area (Å²) < 4.78 is 38.0. The summed E-state index contributed by atoms with van der Waals surface area (Å²) in [6.45, 7) is 1.80. The van der Waals surface area contributed by atoms with Gasteiger partial charge in [0.2, 0.25) is 0 Å². The van der Waals surface area contributed by atoms with Crippen molar-refractivity contribution in [3.05, 3.63) is 45.8 Å². The Balaban J connectivity index is 2.33. The number of sulfone groups is 1. The zero-order valence-electron chi connectivity index (χ0n) is 10.9. The SMILES string of the molecule is CCc1n[nH]c(CS(=O)(=O)c2ccc([N+](=O)[O-])cc2F)n1. The predicted molar refractivity (Wildman–Crippen MR) is 69.7 cm³/mol. The first-order chi connectivity index (χ1) is 9.83. The third kappa shape index (κ3) is 3.21. The Labute approximate surface area is 119 Å². The molecule has 0 bridgehead atoms. The van der Waals surface area contributed by atoms with Gasteiger partial charge < -0.3 is 0 Å². The van der Waals surface area contributed by atoms with Crippen LogP contribution in [-0.4, -0.2) is 28.5 Å². The van der Waals surface area contributed by atoms with Gasteiger partial charge in [-0.15, -0.1) is 0 Å². The molecule has 0 atom stereocenters. The summed E-state index contributed by atoms with van der Waals surface area (Å²) in [4.78, 5) is 13.0. The molecular weight excluding hydrogens is 303 g/mol. The van der Waals surface area contributed by atoms with Gasteiger partial charge in [-0.05, 0) is 6.07 Å². The minimum Gasteiger partial charge on any atom is -0.262 e. The van der Waals surface area contributed by atoms with Gasteiger partial charge in [-0.3, -0.25) is 15.2 Å². The fourth-order valence-electron chi connectivity index (χ4n) is 1.67. The maximum atomic E-state index is 13.8. The minimum absolute atomic E-state index is 0.0876. The van der Waals surface area contributed by atoms with Crippen LogP contribution in [-0.2, 0) is 22.0 Å². The fraction of sp³-hybridized carbons (Fsp3) is 0.273. The van der Waals surface area contributed by atoms with E-state index in [1.54, 1.807) is 6.92 Å². The van der Waals surface area contributed by atoms with Crippen LogP contribution in [0.5, 0.6) is 0 Å². The van der Waals surface area contributed by atoms with Gasteiger partial charge in [0.15, 0.2) is 9.84 Å². The highest BCUT2D eigenvalue weighted by Crippen LogP contribution is 2.22. The maximum Gasteiger partial charge on any atom is 0.272 e. The van der Waals surface area contributed by atoms with Gasteiger partial charge in [0.05, 0.1) is 11.0 Å². The van der Waals surface area contributed by atoms with Gasteiger partial charge in [0, 0.05) is 12.5 Å². The number of hydrogen-bond donors (Lipinski definition) is 1. The second kappa shape index (κ2) is 5.56. The molecule has 1 aromatic heterocycles. The van der Waals surface area contributed by atoms with Crippen molar-refractivity contribution in [2.75, 3.05) is 0 Å². The van der Waals surface area contributed by atoms with E-state index in [-0.39, 0.29) is 5.82 Å². The van der Waals surface area contributed by atoms with E-state index < -0.39 is 36.9 Å². The molecule has 2 aromatic rings. The lowest BCUT2D eigenvalue weighted by atomic mass is 10.3. The lowest BCUT2D eigenvalue weighted by Gasteiger charge is -2.03. The highest BCUT2D eigenvalue weighted by atomic mass is 32.2. The first-order valence-corrected chi connectivity index (χ1v) is 7.55. The number of non-ortho nitro benzene ring substituents is 1. The van der Waals surface area contributed by atoms with Gasteiger partial charge in [-0.1, -0.05) is 6.92 Å². The molecule has 1 N–H and O–H groups in total. The number of halogens is 1. The van der Waals surface area contributed by atoms with Crippen LogP contribution in [0, 0.1) is 15.9 Å². The molecule has 112 valence electrons. The minimum atomic E-state index is -4.01. The average molecular weight is 314 g/mol. The lowest BCUT2D eigenvalue weighted by Crippen LogP contribution is -2.09. The van der Waals surface area contributed by atoms with Gasteiger partial charge in [-0.2, -0.15) is 5.10 Å². The summed E-state index contributed by atoms with van der Waals surface area (Å²) in [5.74, 6) is -1.19. The molecule has 0 spiro atoms. The van der Waals surface area contributed by atoms with Crippen molar-refractivity contribution in [2.45, 2.75) is 24.0 Å². The number of nitrogens with zero attached hydrogens (tertiary/aromatic N) is 3. The van der Waals surface area contributed by atoms with E-state index >= 15 is 0 Å². The van der Waals surface area contributed by atoms with Crippen LogP contribution >= 0.6 is 0 Å². The monoisotopic (exact) mass is 314 g/mol. The quantitative estimate of drug-likeness (QED) is 0.658. The lowest BCUT2D eigenvalue weighted by molar-refractivity contribution is -0.385. The highest BCUT2D eigenvalue weighted by Gasteiger charge is 2.23. The van der Waals surface area contributed by atoms with Crippen LogP contribution in [0.15, 0.2) is 23.1 Å². The molecule has 0 radical (unpaired) electrons. The largest absolute Gasteiger partial charge is 0.272 e. The van der Waals surface area contributed by atoms with E-state index in [9.17, 15) is 22.9 Å². The number of aromatic nitrogens is 3. The van der Waals surface area contributed by atoms with Crippen LogP contribution in [0.1, 0.15) is 18.6 Å². The van der Waals surface area contributed by atoms with Crippen molar-refractivity contribution < 1.29 is 17.7 Å². The Bertz CT molecular complexity index is 787. The summed E-state index contributed by atoms with van der Waals surface area (Å²) in [6.07, 6.45) is 0.530. The zero-order valence-corrected chi connectivity index (χ0v) is 11.7. The number of hydrogen-bond acceptors (Lipinski definition) is 6. The predicted octanol–water partition coefficient (Wildman–Crippen LogP) is 1.39. The second-order valence-electron chi connectivity index (χ2n) is 4.18. The van der Waals surface area contributed by atoms with Crippen LogP contribution < -0.4 is 0 Å². The first-order valence-electron chi connectivity index (χ1n) is 5.90. The van der Waals surface area contributed by atoms with Crippen molar-refractivity contribution in [2.24, 2.45) is 0 Å². The van der Waals surface area contributed by atoms with Crippen molar-refractivity contribution in [3.63, 3.8) is 0 Å². The van der Waals surface area contributed by atoms with Crippen molar-refractivity contribution in [1.82, 2.24) is 15.2 Å². The van der Waals surface area contributed by atoms with Crippen molar-refractivity contribution in [3.8, 4) is 0 Å². The molecule has 8 nitrogen and oxygen atoms in total. The van der Waals surface area contributed by atoms with E-state index in [0.717, 1.165) is 12.1 Å². The summed E-state index contributed by atoms with van der Waals surface area (Å²) >= 11 is 0. The van der Waals surface area contributed by atoms with E-state index in [4.69, 9.17) is 0 Å². The number of benzene rings is 1. The molecule has 1 aromatic carbocycles. The maximum absolute atomic E-state index is 13.8. The molecule has 0 unspecified atom stereocenters. The molecule has 0 aliphatic rings. The molecule has 0 amide bonds. The number of H-pyrrole nitrogens is 1. The molecule has 0 aliphatic carbocycles. The third-order valence-corrected chi connectivity index (χ3v) is 4.34. The summed E-state index contributed by atoms with van der Waals surface area (Å²) in [5.41, 5.74) is -0.514. The summed E-state index contributed by atoms with van der Waals surface area (Å²) in [5, 5.41) is 16.8. The van der Waals surface area contributed by atoms with E-state index in [1.165, 1.54) is 0 Å². The summed E-state index contributed by atoms with van der Waals surface area (Å²) in [6, 6.07) is 2.39. The number of aryl methyl sites for hydroxylation is 1. The number of nitrogens with one attached hydrogen (secondary N) is 1. The molecule has 21 heavy (non-hydrogen) atoms. The average Bonchev–Trinajstić information content (AvgIpc) is 2.85. The topological polar surface area (TPSA) is 119 Å². The van der Waals surface area contributed by atoms with Crippen molar-refractivity contribution >= 4 is 15.5 Å². The normalized spacial score (nSPS) is 11.5. The molecule has 0 saturated carbocycles. The summed E-state index contributed by atoms with van der Waals surface area (Å²) in [7, 11) is -4.01. The Morgan fingerprint density at radius 2 is 2.14 bits per heavy atom. The van der Waals surface area contributed by atoms with E-state index in [0.29, 0.717) is 18.3 Å². The van der Waals surface area contributed by atoms with Crippen LogP contribution in [0.3, 0.4) is 0 Å².